The van der Waals surface area contributed by atoms with Crippen LogP contribution in [-0.2, 0) is 0 Å². The van der Waals surface area contributed by atoms with E-state index >= 15 is 0 Å². The van der Waals surface area contributed by atoms with Gasteiger partial charge in [-0.2, -0.15) is 5.26 Å². The highest BCUT2D eigenvalue weighted by molar-refractivity contribution is 5.80. The van der Waals surface area contributed by atoms with Crippen molar-refractivity contribution in [1.29, 1.82) is 5.26 Å². The predicted molar refractivity (Wildman–Crippen MR) is 78.7 cm³/mol. The number of fused-ring (bicyclic) bond motifs is 1. The van der Waals surface area contributed by atoms with E-state index in [0.29, 0.717) is 0 Å². The first kappa shape index (κ1) is 12.3. The van der Waals surface area contributed by atoms with E-state index in [1.807, 2.05) is 54.6 Å². The Balaban J connectivity index is 2.12. The molecule has 0 spiro atoms. The Hall–Kier alpha value is -2.73. The highest BCUT2D eigenvalue weighted by atomic mass is 16.5. The van der Waals surface area contributed by atoms with Gasteiger partial charge in [-0.3, -0.25) is 0 Å². The van der Waals surface area contributed by atoms with Crippen molar-refractivity contribution in [1.82, 2.24) is 4.98 Å². The normalized spacial score (nSPS) is 12.0. The number of benzene rings is 2. The molecular weight excluding hydrogens is 248 g/mol. The Morgan fingerprint density at radius 3 is 2.60 bits per heavy atom. The van der Waals surface area contributed by atoms with Crippen LogP contribution in [0.25, 0.3) is 10.9 Å². The SMILES string of the molecule is COc1ccccc1C(C#N)c1cc2ccccc2[nH]1. The first-order valence-corrected chi connectivity index (χ1v) is 6.43. The van der Waals surface area contributed by atoms with E-state index < -0.39 is 0 Å². The maximum atomic E-state index is 9.55. The molecule has 0 saturated heterocycles. The Labute approximate surface area is 117 Å². The third-order valence-corrected chi connectivity index (χ3v) is 3.44. The summed E-state index contributed by atoms with van der Waals surface area (Å²) in [4.78, 5) is 3.32. The highest BCUT2D eigenvalue weighted by Gasteiger charge is 2.19. The zero-order valence-electron chi connectivity index (χ0n) is 11.1. The number of rotatable bonds is 3. The molecule has 0 saturated carbocycles. The summed E-state index contributed by atoms with van der Waals surface area (Å²) in [6.07, 6.45) is 0. The van der Waals surface area contributed by atoms with Crippen LogP contribution < -0.4 is 4.74 Å². The first-order valence-electron chi connectivity index (χ1n) is 6.43. The summed E-state index contributed by atoms with van der Waals surface area (Å²) in [6.45, 7) is 0. The van der Waals surface area contributed by atoms with Crippen LogP contribution >= 0.6 is 0 Å². The summed E-state index contributed by atoms with van der Waals surface area (Å²) in [6, 6.07) is 20.0. The Morgan fingerprint density at radius 1 is 1.10 bits per heavy atom. The molecule has 3 rings (SSSR count). The molecule has 0 aliphatic carbocycles. The van der Waals surface area contributed by atoms with Gasteiger partial charge in [0.05, 0.1) is 13.2 Å². The van der Waals surface area contributed by atoms with Crippen LogP contribution in [0.2, 0.25) is 0 Å². The zero-order chi connectivity index (χ0) is 13.9. The fourth-order valence-electron chi connectivity index (χ4n) is 2.46. The van der Waals surface area contributed by atoms with Crippen LogP contribution in [-0.4, -0.2) is 12.1 Å². The molecule has 0 bridgehead atoms. The summed E-state index contributed by atoms with van der Waals surface area (Å²) >= 11 is 0. The monoisotopic (exact) mass is 262 g/mol. The average molecular weight is 262 g/mol. The highest BCUT2D eigenvalue weighted by Crippen LogP contribution is 2.32. The molecule has 1 unspecified atom stereocenters. The van der Waals surface area contributed by atoms with Gasteiger partial charge in [-0.15, -0.1) is 0 Å². The molecular formula is C17H14N2O. The van der Waals surface area contributed by atoms with Crippen molar-refractivity contribution >= 4 is 10.9 Å². The maximum absolute atomic E-state index is 9.55. The number of nitrogens with zero attached hydrogens (tertiary/aromatic N) is 1. The topological polar surface area (TPSA) is 48.8 Å². The number of hydrogen-bond donors (Lipinski definition) is 1. The molecule has 1 N–H and O–H groups in total. The third-order valence-electron chi connectivity index (χ3n) is 3.44. The molecule has 1 aromatic heterocycles. The smallest absolute Gasteiger partial charge is 0.123 e. The fraction of sp³-hybridized carbons (Fsp3) is 0.118. The van der Waals surface area contributed by atoms with Crippen molar-refractivity contribution in [2.75, 3.05) is 7.11 Å². The van der Waals surface area contributed by atoms with E-state index in [1.54, 1.807) is 7.11 Å². The Morgan fingerprint density at radius 2 is 1.85 bits per heavy atom. The second-order valence-corrected chi connectivity index (χ2v) is 4.62. The molecule has 98 valence electrons. The molecule has 0 aliphatic rings. The van der Waals surface area contributed by atoms with E-state index in [1.165, 1.54) is 0 Å². The Kier molecular flexibility index (Phi) is 3.14. The third kappa shape index (κ3) is 2.02. The minimum atomic E-state index is -0.362. The Bertz CT molecular complexity index is 750. The van der Waals surface area contributed by atoms with Gasteiger partial charge in [0.25, 0.3) is 0 Å². The average Bonchev–Trinajstić information content (AvgIpc) is 2.92. The van der Waals surface area contributed by atoms with Crippen molar-refractivity contribution in [2.24, 2.45) is 0 Å². The molecule has 0 amide bonds. The van der Waals surface area contributed by atoms with Crippen molar-refractivity contribution in [3.05, 3.63) is 65.9 Å². The van der Waals surface area contributed by atoms with E-state index in [4.69, 9.17) is 4.74 Å². The van der Waals surface area contributed by atoms with Crippen LogP contribution in [0.5, 0.6) is 5.75 Å². The van der Waals surface area contributed by atoms with Gasteiger partial charge in [0, 0.05) is 16.8 Å². The lowest BCUT2D eigenvalue weighted by Gasteiger charge is -2.12. The lowest BCUT2D eigenvalue weighted by atomic mass is 9.96. The number of ether oxygens (including phenoxy) is 1. The summed E-state index contributed by atoms with van der Waals surface area (Å²) in [5, 5.41) is 10.7. The van der Waals surface area contributed by atoms with Gasteiger partial charge in [-0.25, -0.2) is 0 Å². The molecule has 3 heteroatoms. The molecule has 0 aliphatic heterocycles. The molecule has 2 aromatic carbocycles. The molecule has 1 heterocycles. The number of nitrogens with one attached hydrogen (secondary N) is 1. The van der Waals surface area contributed by atoms with Gasteiger partial charge in [0.15, 0.2) is 0 Å². The van der Waals surface area contributed by atoms with Crippen LogP contribution in [0.15, 0.2) is 54.6 Å². The van der Waals surface area contributed by atoms with Gasteiger partial charge in [-0.1, -0.05) is 36.4 Å². The van der Waals surface area contributed by atoms with E-state index in [-0.39, 0.29) is 5.92 Å². The quantitative estimate of drug-likeness (QED) is 0.779. The minimum Gasteiger partial charge on any atom is -0.496 e. The van der Waals surface area contributed by atoms with E-state index in [9.17, 15) is 5.26 Å². The minimum absolute atomic E-state index is 0.362. The number of H-pyrrole nitrogens is 1. The molecule has 3 aromatic rings. The van der Waals surface area contributed by atoms with Gasteiger partial charge in [-0.05, 0) is 23.6 Å². The predicted octanol–water partition coefficient (Wildman–Crippen LogP) is 3.83. The zero-order valence-corrected chi connectivity index (χ0v) is 11.1. The molecule has 0 radical (unpaired) electrons. The van der Waals surface area contributed by atoms with Crippen molar-refractivity contribution in [2.45, 2.75) is 5.92 Å². The lowest BCUT2D eigenvalue weighted by molar-refractivity contribution is 0.409. The van der Waals surface area contributed by atoms with E-state index in [0.717, 1.165) is 27.9 Å². The van der Waals surface area contributed by atoms with Gasteiger partial charge >= 0.3 is 0 Å². The summed E-state index contributed by atoms with van der Waals surface area (Å²) in [5.41, 5.74) is 2.81. The van der Waals surface area contributed by atoms with Crippen molar-refractivity contribution in [3.8, 4) is 11.8 Å². The summed E-state index contributed by atoms with van der Waals surface area (Å²) in [5.74, 6) is 0.372. The van der Waals surface area contributed by atoms with E-state index in [2.05, 4.69) is 11.1 Å². The molecule has 0 fully saturated rings. The van der Waals surface area contributed by atoms with Crippen LogP contribution in [0.3, 0.4) is 0 Å². The molecule has 20 heavy (non-hydrogen) atoms. The second kappa shape index (κ2) is 5.10. The molecule has 1 atom stereocenters. The summed E-state index contributed by atoms with van der Waals surface area (Å²) < 4.78 is 5.36. The van der Waals surface area contributed by atoms with Crippen LogP contribution in [0.4, 0.5) is 0 Å². The van der Waals surface area contributed by atoms with Crippen molar-refractivity contribution in [3.63, 3.8) is 0 Å². The number of nitriles is 1. The van der Waals surface area contributed by atoms with Gasteiger partial charge in [0.1, 0.15) is 11.7 Å². The second-order valence-electron chi connectivity index (χ2n) is 4.62. The largest absolute Gasteiger partial charge is 0.496 e. The number of hydrogen-bond acceptors (Lipinski definition) is 2. The summed E-state index contributed by atoms with van der Waals surface area (Å²) in [7, 11) is 1.62. The number of para-hydroxylation sites is 2. The maximum Gasteiger partial charge on any atom is 0.123 e. The standard InChI is InChI=1S/C17H14N2O/c1-20-17-9-5-3-7-13(17)14(11-18)16-10-12-6-2-4-8-15(12)19-16/h2-10,14,19H,1H3. The molecule has 3 nitrogen and oxygen atoms in total. The fourth-order valence-corrected chi connectivity index (χ4v) is 2.46. The van der Waals surface area contributed by atoms with Gasteiger partial charge < -0.3 is 9.72 Å². The number of methoxy groups -OCH3 is 1. The van der Waals surface area contributed by atoms with Crippen LogP contribution in [0.1, 0.15) is 17.2 Å². The van der Waals surface area contributed by atoms with Gasteiger partial charge in [0.2, 0.25) is 0 Å². The number of aromatic nitrogens is 1. The lowest BCUT2D eigenvalue weighted by Crippen LogP contribution is -2.01. The van der Waals surface area contributed by atoms with Crippen LogP contribution in [0, 0.1) is 11.3 Å². The first-order chi connectivity index (χ1) is 9.83. The van der Waals surface area contributed by atoms with Crippen molar-refractivity contribution < 1.29 is 4.74 Å². The number of aromatic amines is 1.